The van der Waals surface area contributed by atoms with Gasteiger partial charge in [-0.05, 0) is 26.0 Å². The van der Waals surface area contributed by atoms with Gasteiger partial charge in [0.25, 0.3) is 0 Å². The normalized spacial score (nSPS) is 20.3. The molecule has 0 radical (unpaired) electrons. The fourth-order valence-corrected chi connectivity index (χ4v) is 2.21. The first-order valence-electron chi connectivity index (χ1n) is 5.80. The Morgan fingerprint density at radius 3 is 2.28 bits per heavy atom. The summed E-state index contributed by atoms with van der Waals surface area (Å²) >= 11 is 0. The van der Waals surface area contributed by atoms with Crippen LogP contribution in [0.25, 0.3) is 0 Å². The second-order valence-electron chi connectivity index (χ2n) is 4.99. The summed E-state index contributed by atoms with van der Waals surface area (Å²) in [6.07, 6.45) is 3.49. The molecule has 0 saturated heterocycles. The Hall–Kier alpha value is -2.16. The Bertz CT molecular complexity index is 633. The number of rotatable bonds is 0. The van der Waals surface area contributed by atoms with Gasteiger partial charge in [0.2, 0.25) is 5.78 Å². The van der Waals surface area contributed by atoms with Crippen LogP contribution in [0, 0.1) is 0 Å². The highest BCUT2D eigenvalue weighted by Gasteiger charge is 2.37. The van der Waals surface area contributed by atoms with Gasteiger partial charge in [0.1, 0.15) is 5.60 Å². The van der Waals surface area contributed by atoms with Gasteiger partial charge in [-0.1, -0.05) is 24.3 Å². The van der Waals surface area contributed by atoms with Crippen LogP contribution in [0.1, 0.15) is 34.6 Å². The van der Waals surface area contributed by atoms with Crippen molar-refractivity contribution in [2.75, 3.05) is 0 Å². The molecule has 0 saturated carbocycles. The van der Waals surface area contributed by atoms with E-state index in [1.54, 1.807) is 36.4 Å². The maximum Gasteiger partial charge on any atom is 0.229 e. The van der Waals surface area contributed by atoms with Crippen LogP contribution in [-0.4, -0.2) is 17.2 Å². The van der Waals surface area contributed by atoms with Crippen molar-refractivity contribution >= 4 is 11.6 Å². The van der Waals surface area contributed by atoms with E-state index in [2.05, 4.69) is 0 Å². The highest BCUT2D eigenvalue weighted by Crippen LogP contribution is 2.34. The second kappa shape index (κ2) is 3.42. The van der Waals surface area contributed by atoms with E-state index in [4.69, 9.17) is 4.74 Å². The average molecular weight is 240 g/mol. The minimum Gasteiger partial charge on any atom is -0.479 e. The van der Waals surface area contributed by atoms with Crippen molar-refractivity contribution in [1.82, 2.24) is 0 Å². The number of carbonyl (C=O) groups excluding carboxylic acids is 2. The molecule has 3 rings (SSSR count). The lowest BCUT2D eigenvalue weighted by Gasteiger charge is -2.31. The van der Waals surface area contributed by atoms with Crippen LogP contribution in [0.5, 0.6) is 0 Å². The number of hydrogen-bond donors (Lipinski definition) is 0. The molecule has 0 bridgehead atoms. The fraction of sp³-hybridized carbons (Fsp3) is 0.200. The van der Waals surface area contributed by atoms with E-state index in [1.807, 2.05) is 13.8 Å². The molecule has 1 aliphatic carbocycles. The molecule has 0 spiro atoms. The molecule has 0 N–H and O–H groups in total. The Kier molecular flexibility index (Phi) is 2.08. The maximum atomic E-state index is 12.3. The SMILES string of the molecule is CC1(C)C=CC2=C(O1)C(=O)c1ccccc1C2=O. The van der Waals surface area contributed by atoms with E-state index in [9.17, 15) is 9.59 Å². The van der Waals surface area contributed by atoms with E-state index in [-0.39, 0.29) is 17.3 Å². The molecule has 0 aromatic heterocycles. The first-order chi connectivity index (χ1) is 8.49. The fourth-order valence-electron chi connectivity index (χ4n) is 2.21. The zero-order valence-corrected chi connectivity index (χ0v) is 10.2. The summed E-state index contributed by atoms with van der Waals surface area (Å²) in [7, 11) is 0. The number of Topliss-reactive ketones (excluding diaryl/α,β-unsaturated/α-hetero) is 2. The molecule has 1 aromatic carbocycles. The van der Waals surface area contributed by atoms with Gasteiger partial charge in [-0.2, -0.15) is 0 Å². The van der Waals surface area contributed by atoms with E-state index in [0.29, 0.717) is 16.7 Å². The third kappa shape index (κ3) is 1.44. The predicted octanol–water partition coefficient (Wildman–Crippen LogP) is 2.68. The highest BCUT2D eigenvalue weighted by atomic mass is 16.5. The van der Waals surface area contributed by atoms with Crippen LogP contribution in [0.15, 0.2) is 47.7 Å². The maximum absolute atomic E-state index is 12.3. The summed E-state index contributed by atoms with van der Waals surface area (Å²) < 4.78 is 5.64. The lowest BCUT2D eigenvalue weighted by Crippen LogP contribution is -2.32. The Morgan fingerprint density at radius 1 is 1.00 bits per heavy atom. The number of carbonyl (C=O) groups is 2. The summed E-state index contributed by atoms with van der Waals surface area (Å²) in [4.78, 5) is 24.6. The van der Waals surface area contributed by atoms with Crippen LogP contribution < -0.4 is 0 Å². The Labute approximate surface area is 105 Å². The van der Waals surface area contributed by atoms with Gasteiger partial charge in [-0.3, -0.25) is 9.59 Å². The number of hydrogen-bond acceptors (Lipinski definition) is 3. The van der Waals surface area contributed by atoms with Crippen molar-refractivity contribution in [2.24, 2.45) is 0 Å². The molecule has 0 atom stereocenters. The lowest BCUT2D eigenvalue weighted by molar-refractivity contribution is 0.0544. The number of ether oxygens (including phenoxy) is 1. The molecular formula is C15H12O3. The summed E-state index contributed by atoms with van der Waals surface area (Å²) in [5.74, 6) is -0.184. The number of benzene rings is 1. The topological polar surface area (TPSA) is 43.4 Å². The zero-order valence-electron chi connectivity index (χ0n) is 10.2. The minimum absolute atomic E-state index is 0.146. The Morgan fingerprint density at radius 2 is 1.61 bits per heavy atom. The molecule has 2 aliphatic rings. The minimum atomic E-state index is -0.555. The third-order valence-electron chi connectivity index (χ3n) is 3.13. The van der Waals surface area contributed by atoms with Crippen LogP contribution >= 0.6 is 0 Å². The van der Waals surface area contributed by atoms with Gasteiger partial charge in [0.15, 0.2) is 11.5 Å². The monoisotopic (exact) mass is 240 g/mol. The second-order valence-corrected chi connectivity index (χ2v) is 4.99. The summed E-state index contributed by atoms with van der Waals surface area (Å²) in [6.45, 7) is 3.71. The number of fused-ring (bicyclic) bond motifs is 1. The van der Waals surface area contributed by atoms with E-state index in [1.165, 1.54) is 0 Å². The van der Waals surface area contributed by atoms with Crippen LogP contribution in [-0.2, 0) is 4.74 Å². The molecule has 0 fully saturated rings. The number of allylic oxidation sites excluding steroid dienone is 3. The van der Waals surface area contributed by atoms with E-state index in [0.717, 1.165) is 0 Å². The quantitative estimate of drug-likeness (QED) is 0.700. The molecule has 18 heavy (non-hydrogen) atoms. The molecule has 0 unspecified atom stereocenters. The molecule has 3 heteroatoms. The van der Waals surface area contributed by atoms with Gasteiger partial charge in [-0.15, -0.1) is 0 Å². The summed E-state index contributed by atoms with van der Waals surface area (Å²) in [5.41, 5.74) is 0.681. The average Bonchev–Trinajstić information content (AvgIpc) is 2.35. The molecule has 1 heterocycles. The predicted molar refractivity (Wildman–Crippen MR) is 66.4 cm³/mol. The highest BCUT2D eigenvalue weighted by molar-refractivity contribution is 6.27. The van der Waals surface area contributed by atoms with Gasteiger partial charge in [-0.25, -0.2) is 0 Å². The molecule has 3 nitrogen and oxygen atoms in total. The third-order valence-corrected chi connectivity index (χ3v) is 3.13. The molecule has 1 aliphatic heterocycles. The molecule has 0 amide bonds. The van der Waals surface area contributed by atoms with Gasteiger partial charge >= 0.3 is 0 Å². The van der Waals surface area contributed by atoms with E-state index >= 15 is 0 Å². The van der Waals surface area contributed by atoms with E-state index < -0.39 is 5.60 Å². The lowest BCUT2D eigenvalue weighted by atomic mass is 9.86. The molecule has 90 valence electrons. The van der Waals surface area contributed by atoms with Crippen molar-refractivity contribution in [3.63, 3.8) is 0 Å². The summed E-state index contributed by atoms with van der Waals surface area (Å²) in [6, 6.07) is 6.84. The summed E-state index contributed by atoms with van der Waals surface area (Å²) in [5, 5.41) is 0. The van der Waals surface area contributed by atoms with Gasteiger partial charge in [0, 0.05) is 11.1 Å². The Balaban J connectivity index is 2.20. The van der Waals surface area contributed by atoms with Crippen molar-refractivity contribution < 1.29 is 14.3 Å². The van der Waals surface area contributed by atoms with Crippen LogP contribution in [0.2, 0.25) is 0 Å². The molecular weight excluding hydrogens is 228 g/mol. The van der Waals surface area contributed by atoms with Crippen molar-refractivity contribution in [3.05, 3.63) is 58.9 Å². The van der Waals surface area contributed by atoms with Crippen LogP contribution in [0.3, 0.4) is 0 Å². The van der Waals surface area contributed by atoms with Crippen molar-refractivity contribution in [2.45, 2.75) is 19.4 Å². The van der Waals surface area contributed by atoms with Gasteiger partial charge < -0.3 is 4.74 Å². The van der Waals surface area contributed by atoms with Crippen molar-refractivity contribution in [1.29, 1.82) is 0 Å². The van der Waals surface area contributed by atoms with Gasteiger partial charge in [0.05, 0.1) is 5.57 Å². The molecule has 1 aromatic rings. The largest absolute Gasteiger partial charge is 0.479 e. The first-order valence-corrected chi connectivity index (χ1v) is 5.80. The van der Waals surface area contributed by atoms with Crippen molar-refractivity contribution in [3.8, 4) is 0 Å². The standard InChI is InChI=1S/C15H12O3/c1-15(2)8-7-11-12(16)9-5-3-4-6-10(9)13(17)14(11)18-15/h3-8H,1-2H3. The zero-order chi connectivity index (χ0) is 12.9. The van der Waals surface area contributed by atoms with Crippen LogP contribution in [0.4, 0.5) is 0 Å². The smallest absolute Gasteiger partial charge is 0.229 e. The first kappa shape index (κ1) is 11.0. The number of ketones is 2.